The largest absolute Gasteiger partial charge is 0.370 e. The van der Waals surface area contributed by atoms with Gasteiger partial charge in [0.2, 0.25) is 0 Å². The molecule has 3 rings (SSSR count). The lowest BCUT2D eigenvalue weighted by atomic mass is 10.1. The highest BCUT2D eigenvalue weighted by molar-refractivity contribution is 5.39. The van der Waals surface area contributed by atoms with Crippen LogP contribution in [-0.2, 0) is 4.74 Å². The van der Waals surface area contributed by atoms with Gasteiger partial charge >= 0.3 is 0 Å². The van der Waals surface area contributed by atoms with Crippen LogP contribution in [0, 0.1) is 0 Å². The third-order valence-corrected chi connectivity index (χ3v) is 3.21. The highest BCUT2D eigenvalue weighted by atomic mass is 16.5. The summed E-state index contributed by atoms with van der Waals surface area (Å²) < 4.78 is 5.85. The second kappa shape index (κ2) is 5.19. The molecule has 0 N–H and O–H groups in total. The highest BCUT2D eigenvalue weighted by Gasteiger charge is 2.22. The Morgan fingerprint density at radius 1 is 1.06 bits per heavy atom. The molecule has 1 aliphatic rings. The molecule has 0 aliphatic carbocycles. The molecule has 2 aromatic rings. The number of hydrogen-bond acceptors (Lipinski definition) is 3. The lowest BCUT2D eigenvalue weighted by Gasteiger charge is -2.33. The zero-order valence-electron chi connectivity index (χ0n) is 10.2. The number of benzene rings is 1. The summed E-state index contributed by atoms with van der Waals surface area (Å²) in [5, 5.41) is 0. The van der Waals surface area contributed by atoms with Crippen molar-refractivity contribution in [3.05, 3.63) is 60.3 Å². The van der Waals surface area contributed by atoms with Gasteiger partial charge in [0.1, 0.15) is 11.9 Å². The Balaban J connectivity index is 1.77. The molecule has 1 saturated heterocycles. The number of ether oxygens (including phenoxy) is 1. The molecule has 3 heteroatoms. The van der Waals surface area contributed by atoms with Crippen LogP contribution in [0.1, 0.15) is 11.7 Å². The molecule has 2 heterocycles. The lowest BCUT2D eigenvalue weighted by molar-refractivity contribution is 0.0395. The molecule has 1 aliphatic heterocycles. The van der Waals surface area contributed by atoms with Gasteiger partial charge in [-0.1, -0.05) is 36.4 Å². The zero-order valence-corrected chi connectivity index (χ0v) is 10.2. The molecule has 0 spiro atoms. The summed E-state index contributed by atoms with van der Waals surface area (Å²) >= 11 is 0. The molecule has 3 nitrogen and oxygen atoms in total. The molecule has 92 valence electrons. The summed E-state index contributed by atoms with van der Waals surface area (Å²) in [6, 6.07) is 16.4. The lowest BCUT2D eigenvalue weighted by Crippen LogP contribution is -2.38. The number of pyridine rings is 1. The van der Waals surface area contributed by atoms with E-state index in [4.69, 9.17) is 4.74 Å². The van der Waals surface area contributed by atoms with Gasteiger partial charge in [0.05, 0.1) is 6.61 Å². The molecule has 0 bridgehead atoms. The molecule has 0 saturated carbocycles. The Labute approximate surface area is 107 Å². The van der Waals surface area contributed by atoms with Gasteiger partial charge in [0, 0.05) is 19.3 Å². The van der Waals surface area contributed by atoms with Crippen molar-refractivity contribution in [3.63, 3.8) is 0 Å². The monoisotopic (exact) mass is 240 g/mol. The fourth-order valence-corrected chi connectivity index (χ4v) is 2.27. The molecule has 1 aromatic heterocycles. The van der Waals surface area contributed by atoms with Crippen molar-refractivity contribution in [1.29, 1.82) is 0 Å². The number of morpholine rings is 1. The van der Waals surface area contributed by atoms with Crippen molar-refractivity contribution in [2.45, 2.75) is 6.10 Å². The fourth-order valence-electron chi connectivity index (χ4n) is 2.27. The van der Waals surface area contributed by atoms with Crippen molar-refractivity contribution in [3.8, 4) is 0 Å². The van der Waals surface area contributed by atoms with Gasteiger partial charge in [-0.2, -0.15) is 0 Å². The number of anilines is 1. The second-order valence-corrected chi connectivity index (χ2v) is 4.40. The maximum atomic E-state index is 5.85. The van der Waals surface area contributed by atoms with E-state index in [1.165, 1.54) is 5.56 Å². The predicted octanol–water partition coefficient (Wildman–Crippen LogP) is 2.66. The van der Waals surface area contributed by atoms with Gasteiger partial charge in [0.15, 0.2) is 0 Å². The molecule has 1 unspecified atom stereocenters. The second-order valence-electron chi connectivity index (χ2n) is 4.40. The van der Waals surface area contributed by atoms with Crippen LogP contribution in [0.25, 0.3) is 0 Å². The summed E-state index contributed by atoms with van der Waals surface area (Å²) in [5.74, 6) is 1.03. The third kappa shape index (κ3) is 2.36. The molecule has 0 radical (unpaired) electrons. The molecular weight excluding hydrogens is 224 g/mol. The summed E-state index contributed by atoms with van der Waals surface area (Å²) in [7, 11) is 0. The van der Waals surface area contributed by atoms with E-state index in [1.807, 2.05) is 30.5 Å². The van der Waals surface area contributed by atoms with E-state index in [2.05, 4.69) is 34.1 Å². The average molecular weight is 240 g/mol. The molecule has 1 aromatic carbocycles. The molecule has 1 atom stereocenters. The van der Waals surface area contributed by atoms with Gasteiger partial charge in [-0.05, 0) is 17.7 Å². The van der Waals surface area contributed by atoms with E-state index in [1.54, 1.807) is 0 Å². The molecule has 1 fully saturated rings. The Morgan fingerprint density at radius 2 is 1.89 bits per heavy atom. The molecule has 0 amide bonds. The Bertz CT molecular complexity index is 441. The molecule has 18 heavy (non-hydrogen) atoms. The summed E-state index contributed by atoms with van der Waals surface area (Å²) in [6.45, 7) is 2.51. The van der Waals surface area contributed by atoms with E-state index >= 15 is 0 Å². The fraction of sp³-hybridized carbons (Fsp3) is 0.267. The van der Waals surface area contributed by atoms with E-state index in [-0.39, 0.29) is 6.10 Å². The Morgan fingerprint density at radius 3 is 2.67 bits per heavy atom. The van der Waals surface area contributed by atoms with Crippen LogP contribution < -0.4 is 4.90 Å². The maximum absolute atomic E-state index is 5.85. The van der Waals surface area contributed by atoms with Gasteiger partial charge in [-0.3, -0.25) is 0 Å². The van der Waals surface area contributed by atoms with Gasteiger partial charge in [0.25, 0.3) is 0 Å². The minimum absolute atomic E-state index is 0.141. The van der Waals surface area contributed by atoms with E-state index < -0.39 is 0 Å². The maximum Gasteiger partial charge on any atom is 0.128 e. The topological polar surface area (TPSA) is 25.4 Å². The number of nitrogens with zero attached hydrogens (tertiary/aromatic N) is 2. The van der Waals surface area contributed by atoms with E-state index in [0.29, 0.717) is 0 Å². The van der Waals surface area contributed by atoms with Crippen LogP contribution in [0.15, 0.2) is 54.7 Å². The first-order valence-electron chi connectivity index (χ1n) is 6.26. The number of aromatic nitrogens is 1. The van der Waals surface area contributed by atoms with Crippen LogP contribution in [0.4, 0.5) is 5.82 Å². The van der Waals surface area contributed by atoms with Crippen molar-refractivity contribution in [2.75, 3.05) is 24.6 Å². The first-order valence-corrected chi connectivity index (χ1v) is 6.26. The third-order valence-electron chi connectivity index (χ3n) is 3.21. The molecular formula is C15H16N2O. The summed E-state index contributed by atoms with van der Waals surface area (Å²) in [5.41, 5.74) is 1.23. The number of hydrogen-bond donors (Lipinski definition) is 0. The van der Waals surface area contributed by atoms with Crippen LogP contribution in [0.2, 0.25) is 0 Å². The summed E-state index contributed by atoms with van der Waals surface area (Å²) in [4.78, 5) is 6.68. The van der Waals surface area contributed by atoms with E-state index in [9.17, 15) is 0 Å². The van der Waals surface area contributed by atoms with Crippen molar-refractivity contribution in [2.24, 2.45) is 0 Å². The predicted molar refractivity (Wildman–Crippen MR) is 71.6 cm³/mol. The first kappa shape index (κ1) is 11.2. The van der Waals surface area contributed by atoms with Crippen LogP contribution >= 0.6 is 0 Å². The SMILES string of the molecule is c1ccc(C2CN(c3ccccn3)CCO2)cc1. The van der Waals surface area contributed by atoms with Gasteiger partial charge in [-0.25, -0.2) is 4.98 Å². The zero-order chi connectivity index (χ0) is 12.2. The van der Waals surface area contributed by atoms with Crippen molar-refractivity contribution >= 4 is 5.82 Å². The van der Waals surface area contributed by atoms with Gasteiger partial charge < -0.3 is 9.64 Å². The smallest absolute Gasteiger partial charge is 0.128 e. The minimum atomic E-state index is 0.141. The average Bonchev–Trinajstić information content (AvgIpc) is 2.49. The van der Waals surface area contributed by atoms with Crippen LogP contribution in [0.3, 0.4) is 0 Å². The quantitative estimate of drug-likeness (QED) is 0.807. The normalized spacial score (nSPS) is 19.8. The number of rotatable bonds is 2. The van der Waals surface area contributed by atoms with Crippen LogP contribution in [0.5, 0.6) is 0 Å². The minimum Gasteiger partial charge on any atom is -0.370 e. The first-order chi connectivity index (χ1) is 8.93. The Kier molecular flexibility index (Phi) is 3.24. The highest BCUT2D eigenvalue weighted by Crippen LogP contribution is 2.24. The van der Waals surface area contributed by atoms with Crippen LogP contribution in [-0.4, -0.2) is 24.7 Å². The Hall–Kier alpha value is -1.87. The van der Waals surface area contributed by atoms with Gasteiger partial charge in [-0.15, -0.1) is 0 Å². The standard InChI is InChI=1S/C15H16N2O/c1-2-6-13(7-3-1)14-12-17(10-11-18-14)15-8-4-5-9-16-15/h1-9,14H,10-12H2. The van der Waals surface area contributed by atoms with Crippen molar-refractivity contribution < 1.29 is 4.74 Å². The van der Waals surface area contributed by atoms with Crippen molar-refractivity contribution in [1.82, 2.24) is 4.98 Å². The van der Waals surface area contributed by atoms with E-state index in [0.717, 1.165) is 25.5 Å². The summed E-state index contributed by atoms with van der Waals surface area (Å²) in [6.07, 6.45) is 1.98.